The van der Waals surface area contributed by atoms with E-state index in [1.165, 1.54) is 12.0 Å². The van der Waals surface area contributed by atoms with E-state index in [0.29, 0.717) is 12.0 Å². The summed E-state index contributed by atoms with van der Waals surface area (Å²) in [5.74, 6) is 0.654. The molecule has 1 aliphatic rings. The molecule has 1 rings (SSSR count). The summed E-state index contributed by atoms with van der Waals surface area (Å²) >= 11 is 0. The topological polar surface area (TPSA) is 21.3 Å². The molecule has 1 saturated heterocycles. The summed E-state index contributed by atoms with van der Waals surface area (Å²) in [6.07, 6.45) is 3.53. The molecule has 2 nitrogen and oxygen atoms in total. The SMILES string of the molecule is CNC(C)/C(C)=C/C1CCOC1. The van der Waals surface area contributed by atoms with E-state index in [1.54, 1.807) is 0 Å². The minimum atomic E-state index is 0.491. The van der Waals surface area contributed by atoms with Crippen LogP contribution in [0.4, 0.5) is 0 Å². The number of likely N-dealkylation sites (N-methyl/N-ethyl adjacent to an activating group) is 1. The van der Waals surface area contributed by atoms with Gasteiger partial charge in [-0.3, -0.25) is 0 Å². The highest BCUT2D eigenvalue weighted by atomic mass is 16.5. The molecule has 0 saturated carbocycles. The molecule has 0 aromatic heterocycles. The zero-order valence-corrected chi connectivity index (χ0v) is 8.26. The third kappa shape index (κ3) is 2.61. The number of ether oxygens (including phenoxy) is 1. The molecule has 1 aliphatic heterocycles. The standard InChI is InChI=1S/C10H19NO/c1-8(9(2)11-3)6-10-4-5-12-7-10/h6,9-11H,4-5,7H2,1-3H3/b8-6+. The van der Waals surface area contributed by atoms with E-state index in [0.717, 1.165) is 13.2 Å². The second kappa shape index (κ2) is 4.63. The number of nitrogens with one attached hydrogen (secondary N) is 1. The average Bonchev–Trinajstić information content (AvgIpc) is 2.55. The molecule has 2 atom stereocenters. The predicted octanol–water partition coefficient (Wildman–Crippen LogP) is 1.58. The molecule has 12 heavy (non-hydrogen) atoms. The van der Waals surface area contributed by atoms with Crippen LogP contribution < -0.4 is 5.32 Å². The van der Waals surface area contributed by atoms with Gasteiger partial charge in [0, 0.05) is 18.6 Å². The zero-order chi connectivity index (χ0) is 8.97. The molecule has 0 spiro atoms. The quantitative estimate of drug-likeness (QED) is 0.648. The van der Waals surface area contributed by atoms with Gasteiger partial charge in [-0.05, 0) is 27.3 Å². The lowest BCUT2D eigenvalue weighted by Crippen LogP contribution is -2.22. The maximum Gasteiger partial charge on any atom is 0.0529 e. The van der Waals surface area contributed by atoms with Crippen molar-refractivity contribution in [1.82, 2.24) is 5.32 Å². The summed E-state index contributed by atoms with van der Waals surface area (Å²) in [5.41, 5.74) is 1.42. The average molecular weight is 169 g/mol. The lowest BCUT2D eigenvalue weighted by atomic mass is 10.0. The molecule has 0 bridgehead atoms. The van der Waals surface area contributed by atoms with Crippen LogP contribution in [-0.2, 0) is 4.74 Å². The van der Waals surface area contributed by atoms with Crippen LogP contribution in [0.2, 0.25) is 0 Å². The van der Waals surface area contributed by atoms with Crippen molar-refractivity contribution in [2.45, 2.75) is 26.3 Å². The maximum absolute atomic E-state index is 5.31. The van der Waals surface area contributed by atoms with E-state index in [9.17, 15) is 0 Å². The predicted molar refractivity (Wildman–Crippen MR) is 51.2 cm³/mol. The first-order valence-electron chi connectivity index (χ1n) is 4.67. The van der Waals surface area contributed by atoms with E-state index in [2.05, 4.69) is 25.2 Å². The summed E-state index contributed by atoms with van der Waals surface area (Å²) < 4.78 is 5.31. The van der Waals surface area contributed by atoms with Crippen molar-refractivity contribution < 1.29 is 4.74 Å². The van der Waals surface area contributed by atoms with Crippen LogP contribution in [0.3, 0.4) is 0 Å². The molecule has 0 radical (unpaired) electrons. The molecular formula is C10H19NO. The van der Waals surface area contributed by atoms with Crippen LogP contribution in [0.25, 0.3) is 0 Å². The Labute approximate surface area is 75.0 Å². The van der Waals surface area contributed by atoms with E-state index < -0.39 is 0 Å². The number of hydrogen-bond donors (Lipinski definition) is 1. The van der Waals surface area contributed by atoms with E-state index in [-0.39, 0.29) is 0 Å². The first kappa shape index (κ1) is 9.75. The van der Waals surface area contributed by atoms with Crippen molar-refractivity contribution in [2.75, 3.05) is 20.3 Å². The van der Waals surface area contributed by atoms with Gasteiger partial charge in [0.2, 0.25) is 0 Å². The van der Waals surface area contributed by atoms with E-state index in [1.807, 2.05) is 7.05 Å². The minimum Gasteiger partial charge on any atom is -0.381 e. The van der Waals surface area contributed by atoms with Gasteiger partial charge in [-0.15, -0.1) is 0 Å². The Bertz CT molecular complexity index is 159. The first-order chi connectivity index (χ1) is 5.74. The molecule has 70 valence electrons. The largest absolute Gasteiger partial charge is 0.381 e. The highest BCUT2D eigenvalue weighted by molar-refractivity contribution is 5.08. The summed E-state index contributed by atoms with van der Waals surface area (Å²) in [5, 5.41) is 3.23. The second-order valence-electron chi connectivity index (χ2n) is 3.54. The third-order valence-corrected chi connectivity index (χ3v) is 2.58. The fourth-order valence-corrected chi connectivity index (χ4v) is 1.43. The zero-order valence-electron chi connectivity index (χ0n) is 8.26. The van der Waals surface area contributed by atoms with Crippen molar-refractivity contribution in [2.24, 2.45) is 5.92 Å². The fourth-order valence-electron chi connectivity index (χ4n) is 1.43. The van der Waals surface area contributed by atoms with Gasteiger partial charge < -0.3 is 10.1 Å². The highest BCUT2D eigenvalue weighted by Crippen LogP contribution is 2.16. The smallest absolute Gasteiger partial charge is 0.0529 e. The first-order valence-corrected chi connectivity index (χ1v) is 4.67. The lowest BCUT2D eigenvalue weighted by Gasteiger charge is -2.12. The van der Waals surface area contributed by atoms with Gasteiger partial charge in [-0.25, -0.2) is 0 Å². The molecule has 2 unspecified atom stereocenters. The van der Waals surface area contributed by atoms with E-state index >= 15 is 0 Å². The van der Waals surface area contributed by atoms with Gasteiger partial charge in [-0.2, -0.15) is 0 Å². The van der Waals surface area contributed by atoms with Crippen LogP contribution in [0, 0.1) is 5.92 Å². The fraction of sp³-hybridized carbons (Fsp3) is 0.800. The normalized spacial score (nSPS) is 27.6. The Kier molecular flexibility index (Phi) is 3.76. The van der Waals surface area contributed by atoms with Crippen molar-refractivity contribution in [3.05, 3.63) is 11.6 Å². The van der Waals surface area contributed by atoms with Crippen molar-refractivity contribution in [3.63, 3.8) is 0 Å². The second-order valence-corrected chi connectivity index (χ2v) is 3.54. The van der Waals surface area contributed by atoms with Crippen LogP contribution in [0.1, 0.15) is 20.3 Å². The van der Waals surface area contributed by atoms with Gasteiger partial charge in [0.1, 0.15) is 0 Å². The van der Waals surface area contributed by atoms with Gasteiger partial charge in [0.15, 0.2) is 0 Å². The van der Waals surface area contributed by atoms with Crippen molar-refractivity contribution >= 4 is 0 Å². The summed E-state index contributed by atoms with van der Waals surface area (Å²) in [6.45, 7) is 6.21. The Morgan fingerprint density at radius 3 is 2.92 bits per heavy atom. The third-order valence-electron chi connectivity index (χ3n) is 2.58. The Hall–Kier alpha value is -0.340. The van der Waals surface area contributed by atoms with E-state index in [4.69, 9.17) is 4.74 Å². The van der Waals surface area contributed by atoms with Gasteiger partial charge in [-0.1, -0.05) is 11.6 Å². The van der Waals surface area contributed by atoms with Gasteiger partial charge in [0.05, 0.1) is 6.61 Å². The molecule has 0 aliphatic carbocycles. The van der Waals surface area contributed by atoms with Crippen molar-refractivity contribution in [1.29, 1.82) is 0 Å². The van der Waals surface area contributed by atoms with Crippen molar-refractivity contribution in [3.8, 4) is 0 Å². The molecule has 0 aromatic carbocycles. The molecule has 1 heterocycles. The Morgan fingerprint density at radius 1 is 1.67 bits per heavy atom. The van der Waals surface area contributed by atoms with Crippen LogP contribution in [0.15, 0.2) is 11.6 Å². The van der Waals surface area contributed by atoms with Gasteiger partial charge in [0.25, 0.3) is 0 Å². The molecule has 0 amide bonds. The monoisotopic (exact) mass is 169 g/mol. The molecule has 1 fully saturated rings. The Balaban J connectivity index is 2.42. The lowest BCUT2D eigenvalue weighted by molar-refractivity contribution is 0.191. The number of hydrogen-bond acceptors (Lipinski definition) is 2. The molecular weight excluding hydrogens is 150 g/mol. The van der Waals surface area contributed by atoms with Crippen LogP contribution >= 0.6 is 0 Å². The van der Waals surface area contributed by atoms with Gasteiger partial charge >= 0.3 is 0 Å². The summed E-state index contributed by atoms with van der Waals surface area (Å²) in [6, 6.07) is 0.491. The molecule has 1 N–H and O–H groups in total. The maximum atomic E-state index is 5.31. The summed E-state index contributed by atoms with van der Waals surface area (Å²) in [4.78, 5) is 0. The van der Waals surface area contributed by atoms with Crippen LogP contribution in [0.5, 0.6) is 0 Å². The Morgan fingerprint density at radius 2 is 2.42 bits per heavy atom. The highest BCUT2D eigenvalue weighted by Gasteiger charge is 2.13. The molecule has 2 heteroatoms. The number of rotatable bonds is 3. The minimum absolute atomic E-state index is 0.491. The summed E-state index contributed by atoms with van der Waals surface area (Å²) in [7, 11) is 1.99. The molecule has 0 aromatic rings. The van der Waals surface area contributed by atoms with Crippen LogP contribution in [-0.4, -0.2) is 26.3 Å².